The summed E-state index contributed by atoms with van der Waals surface area (Å²) in [6, 6.07) is 3.65. The zero-order valence-electron chi connectivity index (χ0n) is 13.4. The highest BCUT2D eigenvalue weighted by Gasteiger charge is 2.33. The van der Waals surface area contributed by atoms with Crippen LogP contribution in [0.3, 0.4) is 0 Å². The van der Waals surface area contributed by atoms with Crippen LogP contribution >= 0.6 is 0 Å². The highest BCUT2D eigenvalue weighted by Crippen LogP contribution is 2.37. The van der Waals surface area contributed by atoms with E-state index in [4.69, 9.17) is 5.73 Å². The van der Waals surface area contributed by atoms with Gasteiger partial charge in [-0.2, -0.15) is 0 Å². The molecule has 1 aromatic rings. The number of sulfonamides is 1. The first-order valence-corrected chi connectivity index (χ1v) is 8.95. The van der Waals surface area contributed by atoms with Crippen molar-refractivity contribution in [3.63, 3.8) is 0 Å². The summed E-state index contributed by atoms with van der Waals surface area (Å²) in [6.45, 7) is 8.51. The number of hydrogen-bond donors (Lipinski definition) is 2. The minimum atomic E-state index is -3.48. The zero-order chi connectivity index (χ0) is 15.8. The average Bonchev–Trinajstić information content (AvgIpc) is 2.67. The van der Waals surface area contributed by atoms with Gasteiger partial charge in [-0.15, -0.1) is 0 Å². The van der Waals surface area contributed by atoms with Crippen molar-refractivity contribution >= 4 is 10.0 Å². The van der Waals surface area contributed by atoms with Crippen molar-refractivity contribution in [3.8, 4) is 0 Å². The average molecular weight is 310 g/mol. The van der Waals surface area contributed by atoms with Gasteiger partial charge in [-0.25, -0.2) is 13.1 Å². The summed E-state index contributed by atoms with van der Waals surface area (Å²) in [5.74, 6) is 0. The van der Waals surface area contributed by atoms with Gasteiger partial charge in [0.1, 0.15) is 0 Å². The molecule has 0 spiro atoms. The quantitative estimate of drug-likeness (QED) is 0.898. The highest BCUT2D eigenvalue weighted by atomic mass is 32.2. The van der Waals surface area contributed by atoms with E-state index in [1.165, 1.54) is 0 Å². The molecule has 1 aliphatic rings. The van der Waals surface area contributed by atoms with Crippen LogP contribution < -0.4 is 10.5 Å². The van der Waals surface area contributed by atoms with E-state index in [2.05, 4.69) is 18.6 Å². The molecule has 0 aromatic heterocycles. The second-order valence-electron chi connectivity index (χ2n) is 6.97. The Kier molecular flexibility index (Phi) is 4.47. The summed E-state index contributed by atoms with van der Waals surface area (Å²) in [7, 11) is -3.48. The van der Waals surface area contributed by atoms with Crippen molar-refractivity contribution < 1.29 is 8.42 Å². The Morgan fingerprint density at radius 1 is 1.29 bits per heavy atom. The first-order valence-electron chi connectivity index (χ1n) is 7.47. The van der Waals surface area contributed by atoms with Gasteiger partial charge in [-0.1, -0.05) is 19.9 Å². The molecule has 0 radical (unpaired) electrons. The largest absolute Gasteiger partial charge is 0.326 e. The van der Waals surface area contributed by atoms with E-state index in [0.717, 1.165) is 36.0 Å². The van der Waals surface area contributed by atoms with E-state index in [0.29, 0.717) is 11.4 Å². The fraction of sp³-hybridized carbons (Fsp3) is 0.625. The van der Waals surface area contributed by atoms with Crippen LogP contribution in [-0.4, -0.2) is 14.5 Å². The molecule has 1 unspecified atom stereocenters. The molecule has 1 aliphatic carbocycles. The molecule has 4 nitrogen and oxygen atoms in total. The van der Waals surface area contributed by atoms with Gasteiger partial charge in [0, 0.05) is 12.6 Å². The summed E-state index contributed by atoms with van der Waals surface area (Å²) in [5, 5.41) is 0. The molecule has 0 heterocycles. The molecule has 0 bridgehead atoms. The third-order valence-corrected chi connectivity index (χ3v) is 6.10. The van der Waals surface area contributed by atoms with Crippen LogP contribution in [0, 0.1) is 19.3 Å². The molecular formula is C16H26N2O2S. The Hall–Kier alpha value is -0.910. The predicted octanol–water partition coefficient (Wildman–Crippen LogP) is 2.62. The van der Waals surface area contributed by atoms with Gasteiger partial charge in [0.2, 0.25) is 10.0 Å². The Morgan fingerprint density at radius 2 is 1.95 bits per heavy atom. The summed E-state index contributed by atoms with van der Waals surface area (Å²) in [6.07, 6.45) is 2.85. The number of nitrogens with two attached hydrogens (primary N) is 1. The van der Waals surface area contributed by atoms with Gasteiger partial charge in [0.25, 0.3) is 0 Å². The van der Waals surface area contributed by atoms with Gasteiger partial charge in [-0.05, 0) is 61.3 Å². The Labute approximate surface area is 128 Å². The van der Waals surface area contributed by atoms with Crippen LogP contribution in [-0.2, 0) is 16.6 Å². The molecule has 1 saturated carbocycles. The number of hydrogen-bond acceptors (Lipinski definition) is 3. The van der Waals surface area contributed by atoms with Crippen LogP contribution in [0.2, 0.25) is 0 Å². The van der Waals surface area contributed by atoms with Gasteiger partial charge in [0.15, 0.2) is 0 Å². The van der Waals surface area contributed by atoms with Crippen molar-refractivity contribution in [1.29, 1.82) is 0 Å². The van der Waals surface area contributed by atoms with E-state index in [1.54, 1.807) is 6.07 Å². The summed E-state index contributed by atoms with van der Waals surface area (Å²) < 4.78 is 28.2. The Bertz CT molecular complexity index is 636. The molecular weight excluding hydrogens is 284 g/mol. The lowest BCUT2D eigenvalue weighted by molar-refractivity contribution is 0.372. The standard InChI is InChI=1S/C16H26N2O2S/c1-11-7-12(2)15(8-13(11)10-17)21(19,20)18-14-5-6-16(3,4)9-14/h7-8,14,18H,5-6,9-10,17H2,1-4H3. The van der Waals surface area contributed by atoms with Crippen LogP contribution in [0.4, 0.5) is 0 Å². The van der Waals surface area contributed by atoms with Crippen molar-refractivity contribution in [2.24, 2.45) is 11.1 Å². The second kappa shape index (κ2) is 5.71. The van der Waals surface area contributed by atoms with Crippen LogP contribution in [0.25, 0.3) is 0 Å². The number of nitrogens with one attached hydrogen (secondary N) is 1. The topological polar surface area (TPSA) is 72.2 Å². The minimum Gasteiger partial charge on any atom is -0.326 e. The highest BCUT2D eigenvalue weighted by molar-refractivity contribution is 7.89. The predicted molar refractivity (Wildman–Crippen MR) is 85.5 cm³/mol. The summed E-state index contributed by atoms with van der Waals surface area (Å²) >= 11 is 0. The van der Waals surface area contributed by atoms with Gasteiger partial charge in [-0.3, -0.25) is 0 Å². The first-order chi connectivity index (χ1) is 9.64. The molecule has 5 heteroatoms. The summed E-state index contributed by atoms with van der Waals surface area (Å²) in [5.41, 5.74) is 8.61. The lowest BCUT2D eigenvalue weighted by Gasteiger charge is -2.19. The SMILES string of the molecule is Cc1cc(C)c(S(=O)(=O)NC2CCC(C)(C)C2)cc1CN. The molecule has 1 fully saturated rings. The fourth-order valence-corrected chi connectivity index (χ4v) is 4.75. The van der Waals surface area contributed by atoms with Gasteiger partial charge < -0.3 is 5.73 Å². The molecule has 0 aliphatic heterocycles. The van der Waals surface area contributed by atoms with Crippen LogP contribution in [0.1, 0.15) is 49.8 Å². The zero-order valence-corrected chi connectivity index (χ0v) is 14.2. The normalized spacial score (nSPS) is 21.7. The number of rotatable bonds is 4. The maximum absolute atomic E-state index is 12.6. The maximum Gasteiger partial charge on any atom is 0.241 e. The van der Waals surface area contributed by atoms with Gasteiger partial charge >= 0.3 is 0 Å². The first kappa shape index (κ1) is 16.5. The van der Waals surface area contributed by atoms with E-state index < -0.39 is 10.0 Å². The van der Waals surface area contributed by atoms with Crippen molar-refractivity contribution in [3.05, 3.63) is 28.8 Å². The number of aryl methyl sites for hydroxylation is 2. The van der Waals surface area contributed by atoms with Crippen molar-refractivity contribution in [1.82, 2.24) is 4.72 Å². The maximum atomic E-state index is 12.6. The molecule has 3 N–H and O–H groups in total. The second-order valence-corrected chi connectivity index (χ2v) is 8.66. The van der Waals surface area contributed by atoms with Gasteiger partial charge in [0.05, 0.1) is 4.90 Å². The van der Waals surface area contributed by atoms with E-state index >= 15 is 0 Å². The smallest absolute Gasteiger partial charge is 0.241 e. The fourth-order valence-electron chi connectivity index (χ4n) is 3.20. The molecule has 2 rings (SSSR count). The molecule has 0 amide bonds. The summed E-state index contributed by atoms with van der Waals surface area (Å²) in [4.78, 5) is 0.359. The van der Waals surface area contributed by atoms with Crippen molar-refractivity contribution in [2.75, 3.05) is 0 Å². The molecule has 0 saturated heterocycles. The van der Waals surface area contributed by atoms with E-state index in [9.17, 15) is 8.42 Å². The molecule has 118 valence electrons. The van der Waals surface area contributed by atoms with Crippen molar-refractivity contribution in [2.45, 2.75) is 64.4 Å². The molecule has 1 aromatic carbocycles. The lowest BCUT2D eigenvalue weighted by atomic mass is 9.92. The monoisotopic (exact) mass is 310 g/mol. The van der Waals surface area contributed by atoms with Crippen LogP contribution in [0.15, 0.2) is 17.0 Å². The van der Waals surface area contributed by atoms with E-state index in [-0.39, 0.29) is 11.5 Å². The molecule has 21 heavy (non-hydrogen) atoms. The molecule has 1 atom stereocenters. The number of benzene rings is 1. The third kappa shape index (κ3) is 3.65. The third-order valence-electron chi connectivity index (χ3n) is 4.43. The van der Waals surface area contributed by atoms with E-state index in [1.807, 2.05) is 19.9 Å². The van der Waals surface area contributed by atoms with Crippen LogP contribution in [0.5, 0.6) is 0 Å². The Morgan fingerprint density at radius 3 is 2.48 bits per heavy atom. The Balaban J connectivity index is 2.28. The lowest BCUT2D eigenvalue weighted by Crippen LogP contribution is -2.34. The minimum absolute atomic E-state index is 0.0343.